The molecule has 0 unspecified atom stereocenters. The lowest BCUT2D eigenvalue weighted by atomic mass is 9.85. The molecule has 2 saturated heterocycles. The first-order chi connectivity index (χ1) is 15.7. The highest BCUT2D eigenvalue weighted by Crippen LogP contribution is 2.34. The number of amides is 1. The van der Waals surface area contributed by atoms with Crippen LogP contribution in [0.5, 0.6) is 0 Å². The number of hydrogen-bond acceptors (Lipinski definition) is 3. The van der Waals surface area contributed by atoms with Gasteiger partial charge in [-0.3, -0.25) is 14.6 Å². The lowest BCUT2D eigenvalue weighted by Gasteiger charge is -2.52. The number of piperidine rings is 1. The molecule has 178 valence electrons. The number of halogens is 1. The highest BCUT2D eigenvalue weighted by atomic mass is 127. The second-order valence-electron chi connectivity index (χ2n) is 10.3. The van der Waals surface area contributed by atoms with Crippen molar-refractivity contribution in [2.75, 3.05) is 32.7 Å². The summed E-state index contributed by atoms with van der Waals surface area (Å²) >= 11 is 2.37. The molecule has 0 spiro atoms. The summed E-state index contributed by atoms with van der Waals surface area (Å²) in [6.45, 7) is 16.2. The first kappa shape index (κ1) is 24.7. The number of rotatable bonds is 4. The van der Waals surface area contributed by atoms with Crippen LogP contribution in [0.25, 0.3) is 0 Å². The number of piperazine rings is 1. The van der Waals surface area contributed by atoms with Gasteiger partial charge in [-0.25, -0.2) is 0 Å². The average Bonchev–Trinajstić information content (AvgIpc) is 2.79. The lowest BCUT2D eigenvalue weighted by Crippen LogP contribution is -2.62. The van der Waals surface area contributed by atoms with Gasteiger partial charge in [-0.2, -0.15) is 0 Å². The quantitative estimate of drug-likeness (QED) is 0.452. The van der Waals surface area contributed by atoms with E-state index in [1.54, 1.807) is 0 Å². The van der Waals surface area contributed by atoms with Crippen LogP contribution in [0.2, 0.25) is 0 Å². The molecule has 0 saturated carbocycles. The molecule has 0 N–H and O–H groups in total. The van der Waals surface area contributed by atoms with Crippen molar-refractivity contribution in [3.8, 4) is 0 Å². The van der Waals surface area contributed by atoms with Gasteiger partial charge in [-0.15, -0.1) is 0 Å². The normalized spacial score (nSPS) is 22.8. The Bertz CT molecular complexity index is 961. The minimum atomic E-state index is 0.171. The number of hydrogen-bond donors (Lipinski definition) is 0. The molecule has 4 rings (SSSR count). The van der Waals surface area contributed by atoms with Gasteiger partial charge in [0.1, 0.15) is 0 Å². The highest BCUT2D eigenvalue weighted by molar-refractivity contribution is 14.1. The molecular weight excluding hydrogens is 521 g/mol. The molecule has 4 nitrogen and oxygen atoms in total. The zero-order valence-corrected chi connectivity index (χ0v) is 22.9. The fourth-order valence-corrected chi connectivity index (χ4v) is 6.15. The van der Waals surface area contributed by atoms with Gasteiger partial charge in [0.25, 0.3) is 5.91 Å². The molecule has 0 aromatic heterocycles. The third-order valence-corrected chi connectivity index (χ3v) is 8.83. The molecule has 2 atom stereocenters. The van der Waals surface area contributed by atoms with Crippen LogP contribution < -0.4 is 0 Å². The Hall–Kier alpha value is -1.44. The molecule has 2 aliphatic rings. The summed E-state index contributed by atoms with van der Waals surface area (Å²) in [5.41, 5.74) is 4.64. The summed E-state index contributed by atoms with van der Waals surface area (Å²) in [5, 5.41) is 0. The Balaban J connectivity index is 1.37. The number of carbonyl (C=O) groups is 1. The van der Waals surface area contributed by atoms with E-state index in [4.69, 9.17) is 0 Å². The molecule has 2 heterocycles. The summed E-state index contributed by atoms with van der Waals surface area (Å²) in [5.74, 6) is 0.206. The minimum Gasteiger partial charge on any atom is -0.338 e. The van der Waals surface area contributed by atoms with Crippen LogP contribution in [0.15, 0.2) is 42.5 Å². The predicted octanol–water partition coefficient (Wildman–Crippen LogP) is 5.67. The van der Waals surface area contributed by atoms with E-state index in [2.05, 4.69) is 82.3 Å². The van der Waals surface area contributed by atoms with E-state index in [0.29, 0.717) is 12.1 Å². The topological polar surface area (TPSA) is 26.8 Å². The number of likely N-dealkylation sites (tertiary alicyclic amines) is 1. The van der Waals surface area contributed by atoms with Crippen LogP contribution in [-0.4, -0.2) is 64.9 Å². The number of aryl methyl sites for hydroxylation is 2. The van der Waals surface area contributed by atoms with Crippen molar-refractivity contribution in [1.82, 2.24) is 14.7 Å². The average molecular weight is 560 g/mol. The fourth-order valence-electron chi connectivity index (χ4n) is 5.79. The van der Waals surface area contributed by atoms with Crippen LogP contribution >= 0.6 is 22.6 Å². The molecule has 2 aromatic rings. The monoisotopic (exact) mass is 559 g/mol. The van der Waals surface area contributed by atoms with E-state index in [1.807, 2.05) is 32.0 Å². The van der Waals surface area contributed by atoms with E-state index in [9.17, 15) is 4.79 Å². The second-order valence-corrected chi connectivity index (χ2v) is 11.6. The first-order valence-electron chi connectivity index (χ1n) is 12.3. The van der Waals surface area contributed by atoms with Gasteiger partial charge in [0.2, 0.25) is 0 Å². The molecular formula is C28H38IN3O. The van der Waals surface area contributed by atoms with Crippen molar-refractivity contribution in [3.63, 3.8) is 0 Å². The fraction of sp³-hybridized carbons (Fsp3) is 0.536. The molecule has 1 amide bonds. The summed E-state index contributed by atoms with van der Waals surface area (Å²) < 4.78 is 1.29. The summed E-state index contributed by atoms with van der Waals surface area (Å²) in [4.78, 5) is 20.7. The standard InChI is InChI=1S/C28H38IN3O/c1-20-7-6-8-21(2)26(20)27(33)30-15-13-28(5,14-16-30)31-17-18-32(22(3)19-31)23(4)24-9-11-25(29)12-10-24/h6-12,22-23H,13-19H2,1-5H3/t22-,23-/m0/s1. The van der Waals surface area contributed by atoms with E-state index >= 15 is 0 Å². The van der Waals surface area contributed by atoms with Crippen molar-refractivity contribution >= 4 is 28.5 Å². The molecule has 5 heteroatoms. The van der Waals surface area contributed by atoms with Crippen LogP contribution in [0.4, 0.5) is 0 Å². The maximum Gasteiger partial charge on any atom is 0.254 e. The number of carbonyl (C=O) groups excluding carboxylic acids is 1. The molecule has 0 radical (unpaired) electrons. The van der Waals surface area contributed by atoms with Crippen molar-refractivity contribution in [3.05, 3.63) is 68.3 Å². The van der Waals surface area contributed by atoms with Gasteiger partial charge in [-0.05, 0) is 98.9 Å². The van der Waals surface area contributed by atoms with Crippen LogP contribution in [0, 0.1) is 17.4 Å². The number of nitrogens with zero attached hydrogens (tertiary/aromatic N) is 3. The maximum absolute atomic E-state index is 13.3. The van der Waals surface area contributed by atoms with Crippen molar-refractivity contribution < 1.29 is 4.79 Å². The molecule has 0 aliphatic carbocycles. The van der Waals surface area contributed by atoms with Crippen molar-refractivity contribution in [2.45, 2.75) is 65.1 Å². The minimum absolute atomic E-state index is 0.171. The van der Waals surface area contributed by atoms with Gasteiger partial charge >= 0.3 is 0 Å². The smallest absolute Gasteiger partial charge is 0.254 e. The largest absolute Gasteiger partial charge is 0.338 e. The summed E-state index contributed by atoms with van der Waals surface area (Å²) in [6.07, 6.45) is 2.09. The van der Waals surface area contributed by atoms with Crippen molar-refractivity contribution in [2.24, 2.45) is 0 Å². The van der Waals surface area contributed by atoms with Crippen molar-refractivity contribution in [1.29, 1.82) is 0 Å². The zero-order valence-electron chi connectivity index (χ0n) is 20.8. The first-order valence-corrected chi connectivity index (χ1v) is 13.4. The Morgan fingerprint density at radius 3 is 2.18 bits per heavy atom. The Morgan fingerprint density at radius 1 is 1.00 bits per heavy atom. The Labute approximate surface area is 213 Å². The molecule has 2 aliphatic heterocycles. The van der Waals surface area contributed by atoms with Gasteiger partial charge in [0.15, 0.2) is 0 Å². The van der Waals surface area contributed by atoms with Crippen LogP contribution in [0.3, 0.4) is 0 Å². The van der Waals surface area contributed by atoms with Gasteiger partial charge in [0.05, 0.1) is 0 Å². The van der Waals surface area contributed by atoms with Gasteiger partial charge in [-0.1, -0.05) is 30.3 Å². The van der Waals surface area contributed by atoms with Gasteiger partial charge in [0, 0.05) is 59.5 Å². The van der Waals surface area contributed by atoms with Crippen LogP contribution in [-0.2, 0) is 0 Å². The Kier molecular flexibility index (Phi) is 7.51. The summed E-state index contributed by atoms with van der Waals surface area (Å²) in [7, 11) is 0. The molecule has 33 heavy (non-hydrogen) atoms. The third-order valence-electron chi connectivity index (χ3n) is 8.12. The molecule has 0 bridgehead atoms. The third kappa shape index (κ3) is 5.15. The number of benzene rings is 2. The van der Waals surface area contributed by atoms with Crippen LogP contribution in [0.1, 0.15) is 66.7 Å². The molecule has 2 fully saturated rings. The van der Waals surface area contributed by atoms with E-state index < -0.39 is 0 Å². The van der Waals surface area contributed by atoms with E-state index in [-0.39, 0.29) is 11.4 Å². The highest BCUT2D eigenvalue weighted by Gasteiger charge is 2.40. The second kappa shape index (κ2) is 10.0. The maximum atomic E-state index is 13.3. The lowest BCUT2D eigenvalue weighted by molar-refractivity contribution is -0.0278. The van der Waals surface area contributed by atoms with E-state index in [0.717, 1.165) is 62.3 Å². The van der Waals surface area contributed by atoms with Gasteiger partial charge < -0.3 is 4.90 Å². The predicted molar refractivity (Wildman–Crippen MR) is 145 cm³/mol. The Morgan fingerprint density at radius 2 is 1.61 bits per heavy atom. The summed E-state index contributed by atoms with van der Waals surface area (Å²) in [6, 6.07) is 16.0. The zero-order chi connectivity index (χ0) is 23.8. The van der Waals surface area contributed by atoms with E-state index in [1.165, 1.54) is 9.13 Å². The molecule has 2 aromatic carbocycles. The SMILES string of the molecule is Cc1cccc(C)c1C(=O)N1CCC(C)(N2CCN([C@@H](C)c3ccc(I)cc3)[C@@H](C)C2)CC1.